The van der Waals surface area contributed by atoms with Crippen LogP contribution in [-0.2, 0) is 11.3 Å². The molecule has 106 valence electrons. The van der Waals surface area contributed by atoms with Crippen LogP contribution in [0.3, 0.4) is 0 Å². The molecule has 1 fully saturated rings. The highest BCUT2D eigenvalue weighted by Crippen LogP contribution is 2.24. The van der Waals surface area contributed by atoms with Crippen molar-refractivity contribution >= 4 is 5.69 Å². The minimum atomic E-state index is 0.366. The quantitative estimate of drug-likeness (QED) is 0.829. The second-order valence-electron chi connectivity index (χ2n) is 5.03. The highest BCUT2D eigenvalue weighted by atomic mass is 16.5. The van der Waals surface area contributed by atoms with Gasteiger partial charge in [0.15, 0.2) is 0 Å². The third-order valence-electron chi connectivity index (χ3n) is 3.56. The third-order valence-corrected chi connectivity index (χ3v) is 3.56. The summed E-state index contributed by atoms with van der Waals surface area (Å²) in [6.07, 6.45) is 2.72. The number of hydrogen-bond donors (Lipinski definition) is 1. The summed E-state index contributed by atoms with van der Waals surface area (Å²) in [6.45, 7) is 5.82. The van der Waals surface area contributed by atoms with Crippen LogP contribution < -0.4 is 10.5 Å². The predicted octanol–water partition coefficient (Wildman–Crippen LogP) is 2.28. The van der Waals surface area contributed by atoms with Crippen molar-refractivity contribution in [3.63, 3.8) is 0 Å². The van der Waals surface area contributed by atoms with Crippen LogP contribution in [0, 0.1) is 0 Å². The monoisotopic (exact) mass is 264 g/mol. The first-order valence-corrected chi connectivity index (χ1v) is 6.99. The number of hydrogen-bond acceptors (Lipinski definition) is 4. The van der Waals surface area contributed by atoms with Crippen molar-refractivity contribution < 1.29 is 9.47 Å². The van der Waals surface area contributed by atoms with Crippen molar-refractivity contribution in [3.05, 3.63) is 23.8 Å². The summed E-state index contributed by atoms with van der Waals surface area (Å²) >= 11 is 0. The molecule has 0 spiro atoms. The molecular weight excluding hydrogens is 240 g/mol. The van der Waals surface area contributed by atoms with Gasteiger partial charge in [-0.05, 0) is 44.5 Å². The Morgan fingerprint density at radius 1 is 1.42 bits per heavy atom. The average molecular weight is 264 g/mol. The number of ether oxygens (including phenoxy) is 2. The maximum absolute atomic E-state index is 5.86. The van der Waals surface area contributed by atoms with Crippen molar-refractivity contribution in [2.45, 2.75) is 32.4 Å². The zero-order chi connectivity index (χ0) is 13.7. The smallest absolute Gasteiger partial charge is 0.123 e. The van der Waals surface area contributed by atoms with Gasteiger partial charge in [-0.1, -0.05) is 0 Å². The van der Waals surface area contributed by atoms with Gasteiger partial charge in [0, 0.05) is 30.9 Å². The number of likely N-dealkylation sites (tertiary alicyclic amines) is 1. The number of rotatable bonds is 5. The van der Waals surface area contributed by atoms with Gasteiger partial charge in [-0.25, -0.2) is 0 Å². The highest BCUT2D eigenvalue weighted by molar-refractivity contribution is 5.47. The number of piperidine rings is 1. The predicted molar refractivity (Wildman–Crippen MR) is 77.3 cm³/mol. The molecule has 0 radical (unpaired) electrons. The standard InChI is InChI=1S/C15H24N2O2/c1-3-19-14-5-4-8-17(11-14)10-12-9-13(16)6-7-15(12)18-2/h6-7,9,14H,3-5,8,10-11,16H2,1-2H3. The molecule has 1 aliphatic rings. The minimum absolute atomic E-state index is 0.366. The lowest BCUT2D eigenvalue weighted by atomic mass is 10.1. The Morgan fingerprint density at radius 2 is 2.26 bits per heavy atom. The molecule has 1 unspecified atom stereocenters. The summed E-state index contributed by atoms with van der Waals surface area (Å²) in [5, 5.41) is 0. The van der Waals surface area contributed by atoms with Crippen LogP contribution >= 0.6 is 0 Å². The molecule has 0 amide bonds. The second kappa shape index (κ2) is 6.78. The summed E-state index contributed by atoms with van der Waals surface area (Å²) in [7, 11) is 1.70. The van der Waals surface area contributed by atoms with Gasteiger partial charge in [-0.15, -0.1) is 0 Å². The van der Waals surface area contributed by atoms with Gasteiger partial charge in [0.2, 0.25) is 0 Å². The van der Waals surface area contributed by atoms with Crippen molar-refractivity contribution in [3.8, 4) is 5.75 Å². The van der Waals surface area contributed by atoms with Gasteiger partial charge in [0.05, 0.1) is 13.2 Å². The summed E-state index contributed by atoms with van der Waals surface area (Å²) in [5.74, 6) is 0.910. The van der Waals surface area contributed by atoms with Crippen LogP contribution in [0.15, 0.2) is 18.2 Å². The van der Waals surface area contributed by atoms with E-state index in [4.69, 9.17) is 15.2 Å². The summed E-state index contributed by atoms with van der Waals surface area (Å²) < 4.78 is 11.1. The lowest BCUT2D eigenvalue weighted by Crippen LogP contribution is -2.39. The summed E-state index contributed by atoms with van der Waals surface area (Å²) in [6, 6.07) is 5.82. The van der Waals surface area contributed by atoms with E-state index in [0.29, 0.717) is 6.10 Å². The molecule has 1 saturated heterocycles. The van der Waals surface area contributed by atoms with Gasteiger partial charge < -0.3 is 15.2 Å². The van der Waals surface area contributed by atoms with Crippen LogP contribution in [0.1, 0.15) is 25.3 Å². The van der Waals surface area contributed by atoms with E-state index in [0.717, 1.165) is 43.2 Å². The molecule has 1 aromatic carbocycles. The highest BCUT2D eigenvalue weighted by Gasteiger charge is 2.20. The number of nitrogen functional groups attached to an aromatic ring is 1. The fraction of sp³-hybridized carbons (Fsp3) is 0.600. The Morgan fingerprint density at radius 3 is 3.00 bits per heavy atom. The zero-order valence-corrected chi connectivity index (χ0v) is 11.9. The van der Waals surface area contributed by atoms with Crippen molar-refractivity contribution in [1.29, 1.82) is 0 Å². The molecule has 1 aromatic rings. The van der Waals surface area contributed by atoms with Gasteiger partial charge in [-0.3, -0.25) is 4.90 Å². The minimum Gasteiger partial charge on any atom is -0.496 e. The Balaban J connectivity index is 2.01. The van der Waals surface area contributed by atoms with E-state index in [1.54, 1.807) is 7.11 Å². The molecule has 0 saturated carbocycles. The Hall–Kier alpha value is -1.26. The molecule has 0 aromatic heterocycles. The summed E-state index contributed by atoms with van der Waals surface area (Å²) in [5.41, 5.74) is 7.80. The van der Waals surface area contributed by atoms with E-state index < -0.39 is 0 Å². The van der Waals surface area contributed by atoms with E-state index in [1.807, 2.05) is 18.2 Å². The summed E-state index contributed by atoms with van der Waals surface area (Å²) in [4.78, 5) is 2.42. The molecule has 2 rings (SSSR count). The molecular formula is C15H24N2O2. The number of nitrogens with zero attached hydrogens (tertiary/aromatic N) is 1. The molecule has 4 heteroatoms. The van der Waals surface area contributed by atoms with Crippen LogP contribution in [-0.4, -0.2) is 37.8 Å². The fourth-order valence-corrected chi connectivity index (χ4v) is 2.69. The Bertz CT molecular complexity index is 407. The van der Waals surface area contributed by atoms with Gasteiger partial charge >= 0.3 is 0 Å². The molecule has 0 bridgehead atoms. The topological polar surface area (TPSA) is 47.7 Å². The lowest BCUT2D eigenvalue weighted by Gasteiger charge is -2.32. The number of anilines is 1. The Labute approximate surface area is 115 Å². The zero-order valence-electron chi connectivity index (χ0n) is 11.9. The van der Waals surface area contributed by atoms with Gasteiger partial charge in [-0.2, -0.15) is 0 Å². The number of methoxy groups -OCH3 is 1. The van der Waals surface area contributed by atoms with Crippen molar-refractivity contribution in [1.82, 2.24) is 4.90 Å². The normalized spacial score (nSPS) is 20.4. The van der Waals surface area contributed by atoms with E-state index >= 15 is 0 Å². The van der Waals surface area contributed by atoms with Crippen LogP contribution in [0.2, 0.25) is 0 Å². The molecule has 1 aliphatic heterocycles. The first-order valence-electron chi connectivity index (χ1n) is 6.99. The van der Waals surface area contributed by atoms with E-state index in [1.165, 1.54) is 12.8 Å². The van der Waals surface area contributed by atoms with Gasteiger partial charge in [0.1, 0.15) is 5.75 Å². The fourth-order valence-electron chi connectivity index (χ4n) is 2.69. The van der Waals surface area contributed by atoms with Crippen LogP contribution in [0.4, 0.5) is 5.69 Å². The molecule has 0 aliphatic carbocycles. The molecule has 19 heavy (non-hydrogen) atoms. The average Bonchev–Trinajstić information content (AvgIpc) is 2.40. The largest absolute Gasteiger partial charge is 0.496 e. The third kappa shape index (κ3) is 3.85. The van der Waals surface area contributed by atoms with E-state index in [2.05, 4.69) is 11.8 Å². The van der Waals surface area contributed by atoms with Gasteiger partial charge in [0.25, 0.3) is 0 Å². The van der Waals surface area contributed by atoms with Crippen LogP contribution in [0.25, 0.3) is 0 Å². The molecule has 4 nitrogen and oxygen atoms in total. The van der Waals surface area contributed by atoms with E-state index in [-0.39, 0.29) is 0 Å². The first kappa shape index (κ1) is 14.2. The lowest BCUT2D eigenvalue weighted by molar-refractivity contribution is 0.00347. The Kier molecular flexibility index (Phi) is 5.05. The SMILES string of the molecule is CCOC1CCCN(Cc2cc(N)ccc2OC)C1. The first-order chi connectivity index (χ1) is 9.22. The maximum atomic E-state index is 5.86. The van der Waals surface area contributed by atoms with Crippen molar-refractivity contribution in [2.24, 2.45) is 0 Å². The maximum Gasteiger partial charge on any atom is 0.123 e. The molecule has 1 heterocycles. The second-order valence-corrected chi connectivity index (χ2v) is 5.03. The number of nitrogens with two attached hydrogens (primary N) is 1. The van der Waals surface area contributed by atoms with Crippen LogP contribution in [0.5, 0.6) is 5.75 Å². The number of benzene rings is 1. The van der Waals surface area contributed by atoms with E-state index in [9.17, 15) is 0 Å². The van der Waals surface area contributed by atoms with Crippen molar-refractivity contribution in [2.75, 3.05) is 32.5 Å². The molecule has 1 atom stereocenters. The molecule has 2 N–H and O–H groups in total.